The molecule has 0 spiro atoms. The van der Waals surface area contributed by atoms with E-state index in [-0.39, 0.29) is 11.3 Å². The lowest BCUT2D eigenvalue weighted by atomic mass is 10.2. The first-order valence-electron chi connectivity index (χ1n) is 6.14. The summed E-state index contributed by atoms with van der Waals surface area (Å²) in [6.45, 7) is 1.02. The predicted octanol–water partition coefficient (Wildman–Crippen LogP) is 0.846. The molecular weight excluding hydrogens is 294 g/mol. The first-order valence-corrected chi connectivity index (χ1v) is 6.51. The zero-order valence-electron chi connectivity index (χ0n) is 11.0. The SMILES string of the molecule is NCCn1cnc(C(=O)Nc2cc(C(N)=O)ccc2Cl)c1. The summed E-state index contributed by atoms with van der Waals surface area (Å²) in [6.07, 6.45) is 3.09. The Labute approximate surface area is 125 Å². The monoisotopic (exact) mass is 307 g/mol. The highest BCUT2D eigenvalue weighted by Gasteiger charge is 2.13. The topological polar surface area (TPSA) is 116 Å². The van der Waals surface area contributed by atoms with E-state index in [9.17, 15) is 9.59 Å². The van der Waals surface area contributed by atoms with Crippen molar-refractivity contribution in [3.8, 4) is 0 Å². The largest absolute Gasteiger partial charge is 0.366 e. The second kappa shape index (κ2) is 6.38. The summed E-state index contributed by atoms with van der Waals surface area (Å²) in [5.74, 6) is -1.04. The molecule has 21 heavy (non-hydrogen) atoms. The molecule has 0 bridgehead atoms. The third-order valence-electron chi connectivity index (χ3n) is 2.75. The van der Waals surface area contributed by atoms with Gasteiger partial charge in [-0.25, -0.2) is 4.98 Å². The van der Waals surface area contributed by atoms with E-state index < -0.39 is 11.8 Å². The molecule has 0 atom stereocenters. The number of aromatic nitrogens is 2. The van der Waals surface area contributed by atoms with Crippen LogP contribution in [0, 0.1) is 0 Å². The lowest BCUT2D eigenvalue weighted by Crippen LogP contribution is -2.15. The molecule has 1 aromatic carbocycles. The Morgan fingerprint density at radius 2 is 2.14 bits per heavy atom. The maximum Gasteiger partial charge on any atom is 0.275 e. The molecule has 110 valence electrons. The number of hydrogen-bond acceptors (Lipinski definition) is 4. The van der Waals surface area contributed by atoms with Gasteiger partial charge in [0.05, 0.1) is 17.0 Å². The molecule has 2 aromatic rings. The van der Waals surface area contributed by atoms with E-state index in [4.69, 9.17) is 23.1 Å². The van der Waals surface area contributed by atoms with Crippen LogP contribution in [0.5, 0.6) is 0 Å². The van der Waals surface area contributed by atoms with Crippen LogP contribution in [0.4, 0.5) is 5.69 Å². The van der Waals surface area contributed by atoms with E-state index >= 15 is 0 Å². The van der Waals surface area contributed by atoms with Gasteiger partial charge in [-0.05, 0) is 18.2 Å². The fraction of sp³-hybridized carbons (Fsp3) is 0.154. The van der Waals surface area contributed by atoms with Crippen molar-refractivity contribution in [3.05, 3.63) is 47.0 Å². The van der Waals surface area contributed by atoms with Gasteiger partial charge >= 0.3 is 0 Å². The van der Waals surface area contributed by atoms with Crippen LogP contribution in [-0.2, 0) is 6.54 Å². The number of hydrogen-bond donors (Lipinski definition) is 3. The fourth-order valence-corrected chi connectivity index (χ4v) is 1.87. The number of carbonyl (C=O) groups excluding carboxylic acids is 2. The number of benzene rings is 1. The van der Waals surface area contributed by atoms with Crippen molar-refractivity contribution in [2.75, 3.05) is 11.9 Å². The lowest BCUT2D eigenvalue weighted by Gasteiger charge is -2.07. The normalized spacial score (nSPS) is 10.4. The first-order chi connectivity index (χ1) is 10.0. The van der Waals surface area contributed by atoms with Gasteiger partial charge in [0.2, 0.25) is 5.91 Å². The highest BCUT2D eigenvalue weighted by atomic mass is 35.5. The molecule has 2 rings (SSSR count). The molecule has 0 aliphatic rings. The summed E-state index contributed by atoms with van der Waals surface area (Å²) in [4.78, 5) is 27.2. The summed E-state index contributed by atoms with van der Waals surface area (Å²) in [5.41, 5.74) is 11.4. The highest BCUT2D eigenvalue weighted by molar-refractivity contribution is 6.34. The minimum atomic E-state index is -0.602. The number of nitrogens with one attached hydrogen (secondary N) is 1. The van der Waals surface area contributed by atoms with Crippen LogP contribution in [0.2, 0.25) is 5.02 Å². The Morgan fingerprint density at radius 3 is 2.81 bits per heavy atom. The van der Waals surface area contributed by atoms with E-state index in [1.54, 1.807) is 10.8 Å². The van der Waals surface area contributed by atoms with Crippen molar-refractivity contribution >= 4 is 29.1 Å². The van der Waals surface area contributed by atoms with Crippen molar-refractivity contribution < 1.29 is 9.59 Å². The third kappa shape index (κ3) is 3.59. The van der Waals surface area contributed by atoms with E-state index in [1.807, 2.05) is 0 Å². The fourth-order valence-electron chi connectivity index (χ4n) is 1.71. The van der Waals surface area contributed by atoms with Crippen molar-refractivity contribution in [2.45, 2.75) is 6.54 Å². The zero-order chi connectivity index (χ0) is 15.4. The van der Waals surface area contributed by atoms with Gasteiger partial charge < -0.3 is 21.4 Å². The minimum absolute atomic E-state index is 0.226. The maximum atomic E-state index is 12.1. The van der Waals surface area contributed by atoms with Gasteiger partial charge in [0, 0.05) is 24.8 Å². The van der Waals surface area contributed by atoms with Crippen LogP contribution in [0.3, 0.4) is 0 Å². The van der Waals surface area contributed by atoms with Crippen LogP contribution in [0.25, 0.3) is 0 Å². The third-order valence-corrected chi connectivity index (χ3v) is 3.08. The average Bonchev–Trinajstić information content (AvgIpc) is 2.90. The summed E-state index contributed by atoms with van der Waals surface area (Å²) >= 11 is 5.98. The molecular formula is C13H14ClN5O2. The number of nitrogens with zero attached hydrogens (tertiary/aromatic N) is 2. The number of nitrogens with two attached hydrogens (primary N) is 2. The molecule has 5 N–H and O–H groups in total. The number of primary amides is 1. The Morgan fingerprint density at radius 1 is 1.38 bits per heavy atom. The summed E-state index contributed by atoms with van der Waals surface area (Å²) < 4.78 is 1.70. The second-order valence-corrected chi connectivity index (χ2v) is 4.71. The smallest absolute Gasteiger partial charge is 0.275 e. The molecule has 0 unspecified atom stereocenters. The molecule has 7 nitrogen and oxygen atoms in total. The molecule has 8 heteroatoms. The van der Waals surface area contributed by atoms with Crippen LogP contribution >= 0.6 is 11.6 Å². The van der Waals surface area contributed by atoms with E-state index in [1.165, 1.54) is 24.5 Å². The predicted molar refractivity (Wildman–Crippen MR) is 79.2 cm³/mol. The van der Waals surface area contributed by atoms with Gasteiger partial charge in [-0.15, -0.1) is 0 Å². The zero-order valence-corrected chi connectivity index (χ0v) is 11.8. The lowest BCUT2D eigenvalue weighted by molar-refractivity contribution is 0.0995. The van der Waals surface area contributed by atoms with Gasteiger partial charge in [0.1, 0.15) is 5.69 Å². The number of halogens is 1. The molecule has 0 saturated heterocycles. The van der Waals surface area contributed by atoms with Crippen molar-refractivity contribution in [2.24, 2.45) is 11.5 Å². The van der Waals surface area contributed by atoms with Gasteiger partial charge in [-0.2, -0.15) is 0 Å². The summed E-state index contributed by atoms with van der Waals surface area (Å²) in [7, 11) is 0. The van der Waals surface area contributed by atoms with Gasteiger partial charge in [0.25, 0.3) is 5.91 Å². The number of imidazole rings is 1. The molecule has 0 aliphatic carbocycles. The summed E-state index contributed by atoms with van der Waals surface area (Å²) in [6, 6.07) is 4.39. The maximum absolute atomic E-state index is 12.1. The molecule has 0 aliphatic heterocycles. The Kier molecular flexibility index (Phi) is 4.56. The Hall–Kier alpha value is -2.38. The van der Waals surface area contributed by atoms with Gasteiger partial charge in [0.15, 0.2) is 0 Å². The van der Waals surface area contributed by atoms with Crippen LogP contribution < -0.4 is 16.8 Å². The van der Waals surface area contributed by atoms with Crippen LogP contribution in [0.15, 0.2) is 30.7 Å². The molecule has 0 radical (unpaired) electrons. The number of amides is 2. The van der Waals surface area contributed by atoms with Crippen molar-refractivity contribution in [1.29, 1.82) is 0 Å². The molecule has 1 aromatic heterocycles. The Bertz CT molecular complexity index is 683. The van der Waals surface area contributed by atoms with Crippen molar-refractivity contribution in [3.63, 3.8) is 0 Å². The second-order valence-electron chi connectivity index (χ2n) is 4.30. The molecule has 1 heterocycles. The number of anilines is 1. The van der Waals surface area contributed by atoms with E-state index in [0.29, 0.717) is 23.8 Å². The quantitative estimate of drug-likeness (QED) is 0.759. The molecule has 0 fully saturated rings. The van der Waals surface area contributed by atoms with E-state index in [2.05, 4.69) is 10.3 Å². The standard InChI is InChI=1S/C13H14ClN5O2/c14-9-2-1-8(12(16)20)5-10(9)18-13(21)11-6-19(4-3-15)7-17-11/h1-2,5-7H,3-4,15H2,(H2,16,20)(H,18,21). The number of rotatable bonds is 5. The van der Waals surface area contributed by atoms with E-state index in [0.717, 1.165) is 0 Å². The number of carbonyl (C=O) groups is 2. The average molecular weight is 308 g/mol. The summed E-state index contributed by atoms with van der Waals surface area (Å²) in [5, 5.41) is 2.89. The van der Waals surface area contributed by atoms with Crippen LogP contribution in [-0.4, -0.2) is 27.9 Å². The first kappa shape index (κ1) is 15.0. The van der Waals surface area contributed by atoms with Gasteiger partial charge in [-0.1, -0.05) is 11.6 Å². The van der Waals surface area contributed by atoms with Gasteiger partial charge in [-0.3, -0.25) is 9.59 Å². The highest BCUT2D eigenvalue weighted by Crippen LogP contribution is 2.23. The van der Waals surface area contributed by atoms with Crippen LogP contribution in [0.1, 0.15) is 20.8 Å². The Balaban J connectivity index is 2.18. The molecule has 2 amide bonds. The van der Waals surface area contributed by atoms with Crippen molar-refractivity contribution in [1.82, 2.24) is 9.55 Å². The molecule has 0 saturated carbocycles. The minimum Gasteiger partial charge on any atom is -0.366 e.